The number of guanidine groups is 1. The van der Waals surface area contributed by atoms with Crippen LogP contribution in [-0.4, -0.2) is 36.7 Å². The van der Waals surface area contributed by atoms with E-state index >= 15 is 0 Å². The molecule has 0 aliphatic heterocycles. The first-order valence-corrected chi connectivity index (χ1v) is 10.6. The quantitative estimate of drug-likeness (QED) is 0.208. The molecular formula is C24H35IN4O2. The van der Waals surface area contributed by atoms with Crippen molar-refractivity contribution in [3.8, 4) is 0 Å². The van der Waals surface area contributed by atoms with Crippen molar-refractivity contribution in [1.29, 1.82) is 0 Å². The van der Waals surface area contributed by atoms with Crippen molar-refractivity contribution in [2.45, 2.75) is 39.7 Å². The SMILES string of the molecule is CCNC(=NCc1cccc(NC(=O)C(C)CC)c1)NCC(CO)c1ccccc1.I. The fourth-order valence-corrected chi connectivity index (χ4v) is 2.94. The lowest BCUT2D eigenvalue weighted by atomic mass is 10.0. The second kappa shape index (κ2) is 14.8. The summed E-state index contributed by atoms with van der Waals surface area (Å²) in [5.41, 5.74) is 2.89. The molecule has 0 bridgehead atoms. The van der Waals surface area contributed by atoms with Crippen LogP contribution in [0.5, 0.6) is 0 Å². The molecule has 0 saturated carbocycles. The second-order valence-electron chi connectivity index (χ2n) is 7.37. The first-order valence-electron chi connectivity index (χ1n) is 10.6. The number of aliphatic hydroxyl groups excluding tert-OH is 1. The molecule has 0 fully saturated rings. The van der Waals surface area contributed by atoms with Gasteiger partial charge in [-0.25, -0.2) is 4.99 Å². The van der Waals surface area contributed by atoms with Gasteiger partial charge in [-0.15, -0.1) is 24.0 Å². The van der Waals surface area contributed by atoms with E-state index in [-0.39, 0.29) is 48.3 Å². The number of carbonyl (C=O) groups excluding carboxylic acids is 1. The number of hydrogen-bond acceptors (Lipinski definition) is 3. The highest BCUT2D eigenvalue weighted by atomic mass is 127. The van der Waals surface area contributed by atoms with Gasteiger partial charge in [-0.05, 0) is 36.6 Å². The number of rotatable bonds is 10. The van der Waals surface area contributed by atoms with E-state index in [0.717, 1.165) is 29.8 Å². The van der Waals surface area contributed by atoms with Crippen LogP contribution in [0.1, 0.15) is 44.2 Å². The van der Waals surface area contributed by atoms with E-state index in [1.165, 1.54) is 0 Å². The fourth-order valence-electron chi connectivity index (χ4n) is 2.94. The average Bonchev–Trinajstić information content (AvgIpc) is 2.78. The monoisotopic (exact) mass is 538 g/mol. The lowest BCUT2D eigenvalue weighted by Crippen LogP contribution is -2.39. The van der Waals surface area contributed by atoms with E-state index < -0.39 is 0 Å². The van der Waals surface area contributed by atoms with Gasteiger partial charge in [-0.1, -0.05) is 56.3 Å². The number of aliphatic hydroxyl groups is 1. The number of benzene rings is 2. The van der Waals surface area contributed by atoms with E-state index in [1.807, 2.05) is 75.4 Å². The van der Waals surface area contributed by atoms with Crippen molar-refractivity contribution in [3.05, 3.63) is 65.7 Å². The van der Waals surface area contributed by atoms with Crippen LogP contribution in [-0.2, 0) is 11.3 Å². The molecule has 2 unspecified atom stereocenters. The smallest absolute Gasteiger partial charge is 0.227 e. The predicted molar refractivity (Wildman–Crippen MR) is 139 cm³/mol. The molecule has 0 saturated heterocycles. The Hall–Kier alpha value is -2.13. The van der Waals surface area contributed by atoms with Gasteiger partial charge in [0.05, 0.1) is 13.2 Å². The zero-order valence-electron chi connectivity index (χ0n) is 18.6. The Kier molecular flexibility index (Phi) is 12.8. The summed E-state index contributed by atoms with van der Waals surface area (Å²) < 4.78 is 0. The molecular weight excluding hydrogens is 503 g/mol. The number of nitrogens with one attached hydrogen (secondary N) is 3. The molecule has 0 spiro atoms. The minimum Gasteiger partial charge on any atom is -0.396 e. The van der Waals surface area contributed by atoms with E-state index in [0.29, 0.717) is 19.0 Å². The maximum absolute atomic E-state index is 12.1. The Balaban J connectivity index is 0.00000480. The zero-order chi connectivity index (χ0) is 21.8. The van der Waals surface area contributed by atoms with Gasteiger partial charge >= 0.3 is 0 Å². The summed E-state index contributed by atoms with van der Waals surface area (Å²) in [6, 6.07) is 17.7. The maximum Gasteiger partial charge on any atom is 0.227 e. The Morgan fingerprint density at radius 1 is 1.06 bits per heavy atom. The van der Waals surface area contributed by atoms with Gasteiger partial charge in [0, 0.05) is 30.6 Å². The molecule has 2 aromatic rings. The molecule has 4 N–H and O–H groups in total. The highest BCUT2D eigenvalue weighted by Crippen LogP contribution is 2.15. The topological polar surface area (TPSA) is 85.8 Å². The van der Waals surface area contributed by atoms with Crippen LogP contribution in [0.25, 0.3) is 0 Å². The molecule has 2 atom stereocenters. The predicted octanol–water partition coefficient (Wildman–Crippen LogP) is 4.12. The summed E-state index contributed by atoms with van der Waals surface area (Å²) in [5.74, 6) is 0.708. The molecule has 2 aromatic carbocycles. The number of hydrogen-bond donors (Lipinski definition) is 4. The summed E-state index contributed by atoms with van der Waals surface area (Å²) in [4.78, 5) is 16.8. The zero-order valence-corrected chi connectivity index (χ0v) is 20.9. The Bertz CT molecular complexity index is 814. The third-order valence-corrected chi connectivity index (χ3v) is 5.03. The molecule has 1 amide bonds. The average molecular weight is 538 g/mol. The molecule has 0 aliphatic carbocycles. The number of amides is 1. The lowest BCUT2D eigenvalue weighted by molar-refractivity contribution is -0.119. The molecule has 170 valence electrons. The molecule has 0 radical (unpaired) electrons. The standard InChI is InChI=1S/C24H34N4O2.HI/c1-4-18(3)23(30)28-22-13-9-10-19(14-22)15-26-24(25-5-2)27-16-21(17-29)20-11-7-6-8-12-20;/h6-14,18,21,29H,4-5,15-17H2,1-3H3,(H,28,30)(H2,25,26,27);1H. The van der Waals surface area contributed by atoms with Gasteiger partial charge in [-0.3, -0.25) is 4.79 Å². The third kappa shape index (κ3) is 9.26. The molecule has 7 heteroatoms. The Morgan fingerprint density at radius 2 is 1.81 bits per heavy atom. The van der Waals surface area contributed by atoms with Crippen molar-refractivity contribution in [1.82, 2.24) is 10.6 Å². The molecule has 6 nitrogen and oxygen atoms in total. The van der Waals surface area contributed by atoms with E-state index in [4.69, 9.17) is 0 Å². The van der Waals surface area contributed by atoms with Crippen LogP contribution in [0, 0.1) is 5.92 Å². The van der Waals surface area contributed by atoms with Crippen LogP contribution in [0.3, 0.4) is 0 Å². The van der Waals surface area contributed by atoms with E-state index in [2.05, 4.69) is 20.9 Å². The van der Waals surface area contributed by atoms with E-state index in [1.54, 1.807) is 0 Å². The normalized spacial score (nSPS) is 13.0. The van der Waals surface area contributed by atoms with Gasteiger partial charge < -0.3 is 21.1 Å². The number of carbonyl (C=O) groups is 1. The van der Waals surface area contributed by atoms with Crippen molar-refractivity contribution >= 4 is 41.5 Å². The largest absolute Gasteiger partial charge is 0.396 e. The minimum absolute atomic E-state index is 0. The Morgan fingerprint density at radius 3 is 2.45 bits per heavy atom. The van der Waals surface area contributed by atoms with Crippen molar-refractivity contribution in [3.63, 3.8) is 0 Å². The van der Waals surface area contributed by atoms with Crippen LogP contribution in [0.4, 0.5) is 5.69 Å². The van der Waals surface area contributed by atoms with Crippen LogP contribution in [0.2, 0.25) is 0 Å². The molecule has 0 heterocycles. The fraction of sp³-hybridized carbons (Fsp3) is 0.417. The summed E-state index contributed by atoms with van der Waals surface area (Å²) in [6.07, 6.45) is 0.811. The molecule has 0 aromatic heterocycles. The van der Waals surface area contributed by atoms with Gasteiger partial charge in [0.2, 0.25) is 5.91 Å². The first-order chi connectivity index (χ1) is 14.6. The van der Waals surface area contributed by atoms with Gasteiger partial charge in [0.25, 0.3) is 0 Å². The number of halogens is 1. The number of aliphatic imine (C=N–C) groups is 1. The van der Waals surface area contributed by atoms with Crippen LogP contribution in [0.15, 0.2) is 59.6 Å². The highest BCUT2D eigenvalue weighted by Gasteiger charge is 2.12. The maximum atomic E-state index is 12.1. The van der Waals surface area contributed by atoms with Crippen molar-refractivity contribution in [2.75, 3.05) is 25.0 Å². The van der Waals surface area contributed by atoms with Gasteiger partial charge in [0.1, 0.15) is 0 Å². The summed E-state index contributed by atoms with van der Waals surface area (Å²) in [6.45, 7) is 7.81. The molecule has 2 rings (SSSR count). The summed E-state index contributed by atoms with van der Waals surface area (Å²) >= 11 is 0. The molecule has 0 aliphatic rings. The van der Waals surface area contributed by atoms with Crippen molar-refractivity contribution < 1.29 is 9.90 Å². The second-order valence-corrected chi connectivity index (χ2v) is 7.37. The number of anilines is 1. The van der Waals surface area contributed by atoms with Crippen LogP contribution < -0.4 is 16.0 Å². The minimum atomic E-state index is -0.0136. The third-order valence-electron chi connectivity index (χ3n) is 5.03. The lowest BCUT2D eigenvalue weighted by Gasteiger charge is -2.18. The van der Waals surface area contributed by atoms with Crippen LogP contribution >= 0.6 is 24.0 Å². The van der Waals surface area contributed by atoms with E-state index in [9.17, 15) is 9.90 Å². The number of nitrogens with zero attached hydrogens (tertiary/aromatic N) is 1. The summed E-state index contributed by atoms with van der Waals surface area (Å²) in [7, 11) is 0. The first kappa shape index (κ1) is 26.9. The van der Waals surface area contributed by atoms with Gasteiger partial charge in [0.15, 0.2) is 5.96 Å². The molecule has 31 heavy (non-hydrogen) atoms. The summed E-state index contributed by atoms with van der Waals surface area (Å²) in [5, 5.41) is 19.3. The highest BCUT2D eigenvalue weighted by molar-refractivity contribution is 14.0. The van der Waals surface area contributed by atoms with Gasteiger partial charge in [-0.2, -0.15) is 0 Å². The van der Waals surface area contributed by atoms with Crippen molar-refractivity contribution in [2.24, 2.45) is 10.9 Å². The Labute approximate surface area is 203 Å².